The fraction of sp³-hybridized carbons (Fsp3) is 0.100. The number of fused-ring (bicyclic) bond motifs is 1. The van der Waals surface area contributed by atoms with Crippen LogP contribution in [0.15, 0.2) is 54.6 Å². The van der Waals surface area contributed by atoms with Crippen molar-refractivity contribution in [1.82, 2.24) is 14.8 Å². The predicted molar refractivity (Wildman–Crippen MR) is 104 cm³/mol. The monoisotopic (exact) mass is 421 g/mol. The van der Waals surface area contributed by atoms with Crippen LogP contribution in [0.5, 0.6) is 0 Å². The Balaban J connectivity index is 2.06. The first kappa shape index (κ1) is 18.8. The molecule has 0 unspecified atom stereocenters. The van der Waals surface area contributed by atoms with Crippen molar-refractivity contribution in [2.24, 2.45) is 0 Å². The maximum absolute atomic E-state index is 13.8. The molecule has 0 N–H and O–H groups in total. The molecule has 4 rings (SSSR count). The van der Waals surface area contributed by atoms with Crippen LogP contribution < -0.4 is 0 Å². The molecule has 3 nitrogen and oxygen atoms in total. The molecule has 0 amide bonds. The van der Waals surface area contributed by atoms with E-state index >= 15 is 0 Å². The van der Waals surface area contributed by atoms with Crippen LogP contribution in [0.25, 0.3) is 28.0 Å². The van der Waals surface area contributed by atoms with Crippen LogP contribution in [0, 0.1) is 6.92 Å². The molecule has 0 fully saturated rings. The second kappa shape index (κ2) is 6.79. The van der Waals surface area contributed by atoms with Crippen molar-refractivity contribution in [3.63, 3.8) is 0 Å². The van der Waals surface area contributed by atoms with Gasteiger partial charge in [0.05, 0.1) is 38.1 Å². The van der Waals surface area contributed by atoms with E-state index in [-0.39, 0.29) is 27.4 Å². The molecular formula is C20H12Cl2F3N3. The minimum Gasteiger partial charge on any atom is -0.228 e. The Kier molecular flexibility index (Phi) is 4.56. The van der Waals surface area contributed by atoms with E-state index in [1.807, 2.05) is 6.07 Å². The standard InChI is InChI=1S/C20H12Cl2F3N3/c1-11-18-14(20(23,24)25)10-17(12-7-8-15(21)16(22)9-12)26-19(18)28(27-11)13-5-3-2-4-6-13/h2-10H,1H3. The average Bonchev–Trinajstić information content (AvgIpc) is 3.00. The van der Waals surface area contributed by atoms with Gasteiger partial charge in [0.15, 0.2) is 5.65 Å². The lowest BCUT2D eigenvalue weighted by atomic mass is 10.1. The number of hydrogen-bond acceptors (Lipinski definition) is 2. The quantitative estimate of drug-likeness (QED) is 0.359. The summed E-state index contributed by atoms with van der Waals surface area (Å²) in [6.07, 6.45) is -4.57. The van der Waals surface area contributed by atoms with Crippen LogP contribution in [-0.4, -0.2) is 14.8 Å². The number of pyridine rings is 1. The number of rotatable bonds is 2. The van der Waals surface area contributed by atoms with E-state index in [9.17, 15) is 13.2 Å². The van der Waals surface area contributed by atoms with Gasteiger partial charge in [-0.2, -0.15) is 18.3 Å². The lowest BCUT2D eigenvalue weighted by Gasteiger charge is -2.12. The third-order valence-corrected chi connectivity index (χ3v) is 5.07. The second-order valence-corrected chi connectivity index (χ2v) is 7.03. The maximum atomic E-state index is 13.8. The molecule has 28 heavy (non-hydrogen) atoms. The zero-order valence-corrected chi connectivity index (χ0v) is 15.9. The van der Waals surface area contributed by atoms with Crippen molar-refractivity contribution in [3.05, 3.63) is 75.9 Å². The minimum atomic E-state index is -4.57. The van der Waals surface area contributed by atoms with E-state index < -0.39 is 11.7 Å². The highest BCUT2D eigenvalue weighted by Crippen LogP contribution is 2.39. The summed E-state index contributed by atoms with van der Waals surface area (Å²) in [6.45, 7) is 1.54. The highest BCUT2D eigenvalue weighted by molar-refractivity contribution is 6.42. The molecule has 4 aromatic rings. The zero-order valence-electron chi connectivity index (χ0n) is 14.4. The number of aryl methyl sites for hydroxylation is 1. The normalized spacial score (nSPS) is 11.9. The molecule has 0 bridgehead atoms. The minimum absolute atomic E-state index is 0.0276. The van der Waals surface area contributed by atoms with Gasteiger partial charge in [-0.3, -0.25) is 0 Å². The van der Waals surface area contributed by atoms with Crippen LogP contribution in [0.4, 0.5) is 13.2 Å². The molecule has 0 aliphatic carbocycles. The summed E-state index contributed by atoms with van der Waals surface area (Å²) < 4.78 is 42.9. The van der Waals surface area contributed by atoms with Gasteiger partial charge in [-0.15, -0.1) is 0 Å². The largest absolute Gasteiger partial charge is 0.417 e. The smallest absolute Gasteiger partial charge is 0.228 e. The fourth-order valence-corrected chi connectivity index (χ4v) is 3.36. The molecule has 8 heteroatoms. The van der Waals surface area contributed by atoms with E-state index in [0.717, 1.165) is 6.07 Å². The number of nitrogens with zero attached hydrogens (tertiary/aromatic N) is 3. The van der Waals surface area contributed by atoms with E-state index in [1.54, 1.807) is 30.3 Å². The molecule has 2 aromatic carbocycles. The topological polar surface area (TPSA) is 30.7 Å². The van der Waals surface area contributed by atoms with Crippen LogP contribution in [0.1, 0.15) is 11.3 Å². The third kappa shape index (κ3) is 3.23. The van der Waals surface area contributed by atoms with E-state index in [0.29, 0.717) is 16.3 Å². The number of halogens is 5. The third-order valence-electron chi connectivity index (χ3n) is 4.33. The summed E-state index contributed by atoms with van der Waals surface area (Å²) in [6, 6.07) is 14.5. The molecule has 0 radical (unpaired) electrons. The lowest BCUT2D eigenvalue weighted by molar-refractivity contribution is -0.136. The first-order valence-corrected chi connectivity index (χ1v) is 8.99. The Morgan fingerprint density at radius 3 is 2.29 bits per heavy atom. The first-order valence-electron chi connectivity index (χ1n) is 8.24. The van der Waals surface area contributed by atoms with Crippen molar-refractivity contribution in [2.75, 3.05) is 0 Å². The number of aromatic nitrogens is 3. The van der Waals surface area contributed by atoms with Gasteiger partial charge in [-0.1, -0.05) is 47.5 Å². The van der Waals surface area contributed by atoms with E-state index in [4.69, 9.17) is 23.2 Å². The molecule has 0 saturated heterocycles. The van der Waals surface area contributed by atoms with Crippen molar-refractivity contribution in [2.45, 2.75) is 13.1 Å². The van der Waals surface area contributed by atoms with Gasteiger partial charge in [0.1, 0.15) is 0 Å². The summed E-state index contributed by atoms with van der Waals surface area (Å²) >= 11 is 12.0. The van der Waals surface area contributed by atoms with Gasteiger partial charge in [-0.25, -0.2) is 9.67 Å². The summed E-state index contributed by atoms with van der Waals surface area (Å²) in [5.41, 5.74) is 0.764. The van der Waals surface area contributed by atoms with Crippen LogP contribution >= 0.6 is 23.2 Å². The maximum Gasteiger partial charge on any atom is 0.417 e. The lowest BCUT2D eigenvalue weighted by Crippen LogP contribution is -2.08. The van der Waals surface area contributed by atoms with Gasteiger partial charge in [0, 0.05) is 5.56 Å². The van der Waals surface area contributed by atoms with Gasteiger partial charge >= 0.3 is 6.18 Å². The Labute approximate surface area is 168 Å². The number of alkyl halides is 3. The Hall–Kier alpha value is -2.57. The molecule has 0 atom stereocenters. The van der Waals surface area contributed by atoms with Crippen molar-refractivity contribution < 1.29 is 13.2 Å². The Morgan fingerprint density at radius 2 is 1.64 bits per heavy atom. The second-order valence-electron chi connectivity index (χ2n) is 6.21. The molecular weight excluding hydrogens is 410 g/mol. The van der Waals surface area contributed by atoms with Gasteiger partial charge in [-0.05, 0) is 37.3 Å². The summed E-state index contributed by atoms with van der Waals surface area (Å²) in [4.78, 5) is 4.49. The zero-order chi connectivity index (χ0) is 20.1. The van der Waals surface area contributed by atoms with E-state index in [1.165, 1.54) is 23.7 Å². The first-order chi connectivity index (χ1) is 13.3. The highest BCUT2D eigenvalue weighted by Gasteiger charge is 2.35. The van der Waals surface area contributed by atoms with Crippen LogP contribution in [-0.2, 0) is 6.18 Å². The van der Waals surface area contributed by atoms with Gasteiger partial charge in [0.25, 0.3) is 0 Å². The highest BCUT2D eigenvalue weighted by atomic mass is 35.5. The summed E-state index contributed by atoms with van der Waals surface area (Å²) in [5, 5.41) is 4.83. The number of para-hydroxylation sites is 1. The molecule has 0 aliphatic heterocycles. The molecule has 0 saturated carbocycles. The van der Waals surface area contributed by atoms with Crippen LogP contribution in [0.2, 0.25) is 10.0 Å². The molecule has 2 heterocycles. The molecule has 0 spiro atoms. The fourth-order valence-electron chi connectivity index (χ4n) is 3.07. The SMILES string of the molecule is Cc1nn(-c2ccccc2)c2nc(-c3ccc(Cl)c(Cl)c3)cc(C(F)(F)F)c12. The van der Waals surface area contributed by atoms with E-state index in [2.05, 4.69) is 10.1 Å². The van der Waals surface area contributed by atoms with Crippen molar-refractivity contribution in [1.29, 1.82) is 0 Å². The summed E-state index contributed by atoms with van der Waals surface area (Å²) in [5.74, 6) is 0. The van der Waals surface area contributed by atoms with Crippen molar-refractivity contribution in [3.8, 4) is 16.9 Å². The molecule has 2 aromatic heterocycles. The molecule has 0 aliphatic rings. The Morgan fingerprint density at radius 1 is 0.929 bits per heavy atom. The average molecular weight is 422 g/mol. The predicted octanol–water partition coefficient (Wildman–Crippen LogP) is 6.72. The van der Waals surface area contributed by atoms with Gasteiger partial charge < -0.3 is 0 Å². The number of hydrogen-bond donors (Lipinski definition) is 0. The summed E-state index contributed by atoms with van der Waals surface area (Å²) in [7, 11) is 0. The van der Waals surface area contributed by atoms with Crippen LogP contribution in [0.3, 0.4) is 0 Å². The molecule has 142 valence electrons. The number of benzene rings is 2. The van der Waals surface area contributed by atoms with Gasteiger partial charge in [0.2, 0.25) is 0 Å². The Bertz CT molecular complexity index is 1180. The van der Waals surface area contributed by atoms with Crippen molar-refractivity contribution >= 4 is 34.2 Å².